The number of nitrogens with two attached hydrogens (primary N) is 2. The molecule has 0 saturated carbocycles. The van der Waals surface area contributed by atoms with Crippen molar-refractivity contribution in [2.45, 2.75) is 38.5 Å². The van der Waals surface area contributed by atoms with E-state index in [1.807, 2.05) is 24.3 Å². The molecular weight excluding hydrogens is 469 g/mol. The van der Waals surface area contributed by atoms with Gasteiger partial charge in [-0.3, -0.25) is 0 Å². The van der Waals surface area contributed by atoms with Crippen molar-refractivity contribution in [3.63, 3.8) is 0 Å². The van der Waals surface area contributed by atoms with Gasteiger partial charge >= 0.3 is 5.97 Å². The Morgan fingerprint density at radius 3 is 2.03 bits per heavy atom. The molecule has 0 unspecified atom stereocenters. The van der Waals surface area contributed by atoms with Crippen LogP contribution in [0.4, 0.5) is 15.8 Å². The maximum absolute atomic E-state index is 13.1. The van der Waals surface area contributed by atoms with Crippen molar-refractivity contribution in [2.75, 3.05) is 24.7 Å². The lowest BCUT2D eigenvalue weighted by Crippen LogP contribution is -2.07. The topological polar surface area (TPSA) is 111 Å². The smallest absolute Gasteiger partial charge is 0.338 e. The molecule has 4 N–H and O–H groups in total. The molecule has 0 atom stereocenters. The summed E-state index contributed by atoms with van der Waals surface area (Å²) < 4.78 is 24.2. The van der Waals surface area contributed by atoms with Gasteiger partial charge in [0.05, 0.1) is 30.4 Å². The van der Waals surface area contributed by atoms with Crippen LogP contribution in [0.25, 0.3) is 11.6 Å². The molecule has 0 aromatic heterocycles. The molecule has 3 aromatic carbocycles. The van der Waals surface area contributed by atoms with E-state index in [1.54, 1.807) is 36.4 Å². The Hall–Kier alpha value is -4.31. The number of allylic oxidation sites excluding steroid dienone is 1. The first kappa shape index (κ1) is 27.3. The van der Waals surface area contributed by atoms with Crippen LogP contribution in [-0.4, -0.2) is 19.2 Å². The standard InChI is InChI=1S/C30H32FN3O3/c31-26-11-7-22(8-12-26)17-25(21-32)23-9-13-29(14-10-23)36-15-5-3-1-2-4-6-16-37-30(35)24-18-27(33)20-28(34)19-24/h7-14,17-20H,1-6,15-16,33-34H2/b25-17+. The van der Waals surface area contributed by atoms with Crippen molar-refractivity contribution in [3.05, 3.63) is 89.2 Å². The lowest BCUT2D eigenvalue weighted by molar-refractivity contribution is 0.0497. The largest absolute Gasteiger partial charge is 0.494 e. The number of esters is 1. The molecule has 0 fully saturated rings. The van der Waals surface area contributed by atoms with E-state index in [2.05, 4.69) is 6.07 Å². The Bertz CT molecular complexity index is 1210. The zero-order valence-electron chi connectivity index (χ0n) is 20.8. The van der Waals surface area contributed by atoms with Crippen LogP contribution in [0.2, 0.25) is 0 Å². The first-order chi connectivity index (χ1) is 17.9. The predicted molar refractivity (Wildman–Crippen MR) is 145 cm³/mol. The van der Waals surface area contributed by atoms with Crippen LogP contribution in [0.15, 0.2) is 66.7 Å². The minimum Gasteiger partial charge on any atom is -0.494 e. The number of nitrogen functional groups attached to an aromatic ring is 2. The summed E-state index contributed by atoms with van der Waals surface area (Å²) in [7, 11) is 0. The van der Waals surface area contributed by atoms with E-state index in [4.69, 9.17) is 20.9 Å². The molecule has 0 bridgehead atoms. The fourth-order valence-corrected chi connectivity index (χ4v) is 3.78. The molecule has 0 heterocycles. The Morgan fingerprint density at radius 1 is 0.811 bits per heavy atom. The Kier molecular flexibility index (Phi) is 10.5. The summed E-state index contributed by atoms with van der Waals surface area (Å²) in [6.07, 6.45) is 7.68. The molecule has 0 aliphatic carbocycles. The van der Waals surface area contributed by atoms with Crippen molar-refractivity contribution in [1.29, 1.82) is 5.26 Å². The third-order valence-corrected chi connectivity index (χ3v) is 5.72. The third-order valence-electron chi connectivity index (χ3n) is 5.72. The average molecular weight is 502 g/mol. The van der Waals surface area contributed by atoms with E-state index in [0.29, 0.717) is 35.7 Å². The number of hydrogen-bond donors (Lipinski definition) is 2. The molecule has 192 valence electrons. The zero-order valence-corrected chi connectivity index (χ0v) is 20.8. The number of halogens is 1. The lowest BCUT2D eigenvalue weighted by Gasteiger charge is -2.08. The summed E-state index contributed by atoms with van der Waals surface area (Å²) in [6.45, 7) is 0.996. The van der Waals surface area contributed by atoms with Crippen LogP contribution >= 0.6 is 0 Å². The van der Waals surface area contributed by atoms with E-state index in [1.165, 1.54) is 12.1 Å². The first-order valence-electron chi connectivity index (χ1n) is 12.4. The van der Waals surface area contributed by atoms with Gasteiger partial charge in [0, 0.05) is 11.4 Å². The fraction of sp³-hybridized carbons (Fsp3) is 0.267. The summed E-state index contributed by atoms with van der Waals surface area (Å²) in [5, 5.41) is 9.49. The van der Waals surface area contributed by atoms with Gasteiger partial charge in [0.2, 0.25) is 0 Å². The Morgan fingerprint density at radius 2 is 1.41 bits per heavy atom. The minimum absolute atomic E-state index is 0.308. The monoisotopic (exact) mass is 501 g/mol. The molecule has 37 heavy (non-hydrogen) atoms. The number of carbonyl (C=O) groups excluding carboxylic acids is 1. The van der Waals surface area contributed by atoms with E-state index in [9.17, 15) is 14.4 Å². The highest BCUT2D eigenvalue weighted by Gasteiger charge is 2.08. The van der Waals surface area contributed by atoms with Crippen LogP contribution < -0.4 is 16.2 Å². The van der Waals surface area contributed by atoms with Gasteiger partial charge in [-0.15, -0.1) is 0 Å². The molecule has 0 saturated heterocycles. The molecular formula is C30H32FN3O3. The molecule has 0 aliphatic rings. The Labute approximate surface area is 217 Å². The number of hydrogen-bond acceptors (Lipinski definition) is 6. The second kappa shape index (κ2) is 14.3. The third kappa shape index (κ3) is 9.34. The Balaban J connectivity index is 1.27. The van der Waals surface area contributed by atoms with Crippen molar-refractivity contribution in [2.24, 2.45) is 0 Å². The van der Waals surface area contributed by atoms with Crippen LogP contribution in [-0.2, 0) is 4.74 Å². The zero-order chi connectivity index (χ0) is 26.5. The van der Waals surface area contributed by atoms with E-state index in [-0.39, 0.29) is 5.82 Å². The first-order valence-corrected chi connectivity index (χ1v) is 12.4. The van der Waals surface area contributed by atoms with Crippen molar-refractivity contribution >= 4 is 29.0 Å². The van der Waals surface area contributed by atoms with Crippen LogP contribution in [0.3, 0.4) is 0 Å². The number of rotatable bonds is 13. The maximum Gasteiger partial charge on any atom is 0.338 e. The highest BCUT2D eigenvalue weighted by molar-refractivity contribution is 5.91. The number of benzene rings is 3. The quantitative estimate of drug-likeness (QED) is 0.0894. The lowest BCUT2D eigenvalue weighted by atomic mass is 10.0. The van der Waals surface area contributed by atoms with Gasteiger partial charge in [0.25, 0.3) is 0 Å². The van der Waals surface area contributed by atoms with Gasteiger partial charge in [-0.2, -0.15) is 5.26 Å². The summed E-state index contributed by atoms with van der Waals surface area (Å²) >= 11 is 0. The van der Waals surface area contributed by atoms with Gasteiger partial charge in [0.1, 0.15) is 11.6 Å². The van der Waals surface area contributed by atoms with Crippen LogP contribution in [0.5, 0.6) is 5.75 Å². The van der Waals surface area contributed by atoms with Gasteiger partial charge in [-0.1, -0.05) is 37.8 Å². The number of anilines is 2. The number of carbonyl (C=O) groups is 1. The second-order valence-electron chi connectivity index (χ2n) is 8.74. The molecule has 0 spiro atoms. The SMILES string of the molecule is N#C/C(=C\c1ccc(F)cc1)c1ccc(OCCCCCCCCOC(=O)c2cc(N)cc(N)c2)cc1. The van der Waals surface area contributed by atoms with Crippen LogP contribution in [0.1, 0.15) is 60.0 Å². The average Bonchev–Trinajstić information content (AvgIpc) is 2.89. The molecule has 0 aliphatic heterocycles. The van der Waals surface area contributed by atoms with Crippen molar-refractivity contribution in [1.82, 2.24) is 0 Å². The van der Waals surface area contributed by atoms with Gasteiger partial charge < -0.3 is 20.9 Å². The molecule has 0 amide bonds. The molecule has 6 nitrogen and oxygen atoms in total. The van der Waals surface area contributed by atoms with Gasteiger partial charge in [-0.25, -0.2) is 9.18 Å². The van der Waals surface area contributed by atoms with Crippen molar-refractivity contribution in [3.8, 4) is 11.8 Å². The molecule has 7 heteroatoms. The van der Waals surface area contributed by atoms with Crippen molar-refractivity contribution < 1.29 is 18.7 Å². The second-order valence-corrected chi connectivity index (χ2v) is 8.74. The fourth-order valence-electron chi connectivity index (χ4n) is 3.78. The molecule has 3 rings (SSSR count). The predicted octanol–water partition coefficient (Wildman–Crippen LogP) is 6.63. The highest BCUT2D eigenvalue weighted by atomic mass is 19.1. The van der Waals surface area contributed by atoms with E-state index in [0.717, 1.165) is 55.4 Å². The van der Waals surface area contributed by atoms with E-state index >= 15 is 0 Å². The summed E-state index contributed by atoms with van der Waals surface area (Å²) in [5.41, 5.74) is 14.7. The normalized spacial score (nSPS) is 11.1. The molecule has 3 aromatic rings. The minimum atomic E-state index is -0.406. The van der Waals surface area contributed by atoms with Gasteiger partial charge in [0.15, 0.2) is 0 Å². The number of nitrogens with zero attached hydrogens (tertiary/aromatic N) is 1. The van der Waals surface area contributed by atoms with Crippen LogP contribution in [0, 0.1) is 17.1 Å². The van der Waals surface area contributed by atoms with Gasteiger partial charge in [-0.05, 0) is 84.6 Å². The summed E-state index contributed by atoms with van der Waals surface area (Å²) in [4.78, 5) is 12.0. The molecule has 0 radical (unpaired) electrons. The highest BCUT2D eigenvalue weighted by Crippen LogP contribution is 2.21. The number of nitriles is 1. The summed E-state index contributed by atoms with van der Waals surface area (Å²) in [5.74, 6) is 0.0423. The number of unbranched alkanes of at least 4 members (excludes halogenated alkanes) is 5. The maximum atomic E-state index is 13.1. The van der Waals surface area contributed by atoms with E-state index < -0.39 is 5.97 Å². The summed E-state index contributed by atoms with van der Waals surface area (Å²) in [6, 6.07) is 20.3. The number of ether oxygens (including phenoxy) is 2.